The number of aromatic nitrogens is 4. The van der Waals surface area contributed by atoms with E-state index in [0.717, 1.165) is 12.2 Å². The third-order valence-electron chi connectivity index (χ3n) is 3.61. The third kappa shape index (κ3) is 2.47. The van der Waals surface area contributed by atoms with E-state index in [0.29, 0.717) is 16.9 Å². The Kier molecular flexibility index (Phi) is 3.46. The van der Waals surface area contributed by atoms with Crippen LogP contribution in [0.2, 0.25) is 0 Å². The highest BCUT2D eigenvalue weighted by Gasteiger charge is 2.24. The summed E-state index contributed by atoms with van der Waals surface area (Å²) in [6.45, 7) is 0. The number of aromatic amines is 1. The van der Waals surface area contributed by atoms with Crippen LogP contribution in [0.3, 0.4) is 0 Å². The lowest BCUT2D eigenvalue weighted by Gasteiger charge is -2.31. The lowest BCUT2D eigenvalue weighted by molar-refractivity contribution is 0.473. The van der Waals surface area contributed by atoms with E-state index < -0.39 is 0 Å². The Morgan fingerprint density at radius 2 is 2.26 bits per heavy atom. The zero-order valence-corrected chi connectivity index (χ0v) is 11.6. The van der Waals surface area contributed by atoms with Crippen LogP contribution in [0, 0.1) is 0 Å². The van der Waals surface area contributed by atoms with E-state index in [1.165, 1.54) is 23.8 Å². The highest BCUT2D eigenvalue weighted by Crippen LogP contribution is 2.29. The molecule has 0 spiro atoms. The van der Waals surface area contributed by atoms with Crippen molar-refractivity contribution in [3.05, 3.63) is 22.6 Å². The van der Waals surface area contributed by atoms with Gasteiger partial charge >= 0.3 is 5.69 Å². The average molecular weight is 279 g/mol. The summed E-state index contributed by atoms with van der Waals surface area (Å²) in [7, 11) is 0. The van der Waals surface area contributed by atoms with Gasteiger partial charge in [-0.3, -0.25) is 0 Å². The lowest BCUT2D eigenvalue weighted by atomic mass is 9.95. The van der Waals surface area contributed by atoms with Crippen molar-refractivity contribution in [2.75, 3.05) is 11.6 Å². The summed E-state index contributed by atoms with van der Waals surface area (Å²) in [5, 5.41) is 14.6. The molecule has 1 aliphatic rings. The molecule has 0 amide bonds. The van der Waals surface area contributed by atoms with Gasteiger partial charge in [0.25, 0.3) is 0 Å². The molecule has 2 heterocycles. The predicted molar refractivity (Wildman–Crippen MR) is 76.8 cm³/mol. The molecule has 2 N–H and O–H groups in total. The Morgan fingerprint density at radius 1 is 1.42 bits per heavy atom. The monoisotopic (exact) mass is 279 g/mol. The zero-order chi connectivity index (χ0) is 13.2. The second-order valence-corrected chi connectivity index (χ2v) is 5.90. The average Bonchev–Trinajstić information content (AvgIpc) is 2.81. The van der Waals surface area contributed by atoms with E-state index in [1.54, 1.807) is 6.07 Å². The van der Waals surface area contributed by atoms with Crippen LogP contribution in [0.4, 0.5) is 5.82 Å². The predicted octanol–water partition coefficient (Wildman–Crippen LogP) is 1.50. The van der Waals surface area contributed by atoms with Crippen molar-refractivity contribution in [3.63, 3.8) is 0 Å². The van der Waals surface area contributed by atoms with E-state index in [-0.39, 0.29) is 5.69 Å². The van der Waals surface area contributed by atoms with Crippen LogP contribution in [-0.2, 0) is 0 Å². The van der Waals surface area contributed by atoms with Gasteiger partial charge in [-0.05, 0) is 31.2 Å². The number of nitrogens with zero attached hydrogens (tertiary/aromatic N) is 3. The van der Waals surface area contributed by atoms with Crippen LogP contribution < -0.4 is 11.0 Å². The molecule has 102 valence electrons. The number of rotatable bonds is 3. The molecule has 7 heteroatoms. The first-order chi connectivity index (χ1) is 9.28. The number of nitrogens with one attached hydrogen (secondary N) is 2. The fourth-order valence-corrected chi connectivity index (χ4v) is 3.55. The van der Waals surface area contributed by atoms with Gasteiger partial charge in [0.1, 0.15) is 5.82 Å². The fourth-order valence-electron chi connectivity index (χ4n) is 2.61. The minimum atomic E-state index is -0.302. The lowest BCUT2D eigenvalue weighted by Crippen LogP contribution is -2.34. The van der Waals surface area contributed by atoms with Crippen LogP contribution >= 0.6 is 11.8 Å². The number of H-pyrrole nitrogens is 1. The first-order valence-corrected chi connectivity index (χ1v) is 7.80. The van der Waals surface area contributed by atoms with E-state index in [2.05, 4.69) is 26.9 Å². The second-order valence-electron chi connectivity index (χ2n) is 4.83. The molecule has 2 atom stereocenters. The number of hydrogen-bond donors (Lipinski definition) is 2. The zero-order valence-electron chi connectivity index (χ0n) is 10.8. The Labute approximate surface area is 115 Å². The van der Waals surface area contributed by atoms with Crippen molar-refractivity contribution in [1.29, 1.82) is 0 Å². The largest absolute Gasteiger partial charge is 0.365 e. The summed E-state index contributed by atoms with van der Waals surface area (Å²) >= 11 is 1.90. The summed E-state index contributed by atoms with van der Waals surface area (Å²) in [5.74, 6) is 0.738. The molecule has 0 aliphatic heterocycles. The third-order valence-corrected chi connectivity index (χ3v) is 4.78. The van der Waals surface area contributed by atoms with Gasteiger partial charge in [-0.25, -0.2) is 9.89 Å². The molecule has 0 aromatic carbocycles. The summed E-state index contributed by atoms with van der Waals surface area (Å²) in [4.78, 5) is 11.5. The van der Waals surface area contributed by atoms with Gasteiger partial charge in [-0.1, -0.05) is 12.8 Å². The van der Waals surface area contributed by atoms with Crippen molar-refractivity contribution in [3.8, 4) is 0 Å². The molecule has 0 saturated heterocycles. The molecular formula is C12H17N5OS. The Morgan fingerprint density at radius 3 is 3.11 bits per heavy atom. The van der Waals surface area contributed by atoms with E-state index in [4.69, 9.17) is 0 Å². The smallest absolute Gasteiger partial charge is 0.364 e. The summed E-state index contributed by atoms with van der Waals surface area (Å²) in [5.41, 5.74) is 0.240. The molecule has 0 bridgehead atoms. The van der Waals surface area contributed by atoms with Crippen LogP contribution in [0.25, 0.3) is 5.65 Å². The van der Waals surface area contributed by atoms with E-state index >= 15 is 0 Å². The molecule has 3 rings (SSSR count). The highest BCUT2D eigenvalue weighted by atomic mass is 32.2. The first-order valence-electron chi connectivity index (χ1n) is 6.52. The Bertz CT molecular complexity index is 622. The molecular weight excluding hydrogens is 262 g/mol. The molecule has 6 nitrogen and oxygen atoms in total. The van der Waals surface area contributed by atoms with Crippen LogP contribution in [-0.4, -0.2) is 37.4 Å². The molecule has 0 radical (unpaired) electrons. The topological polar surface area (TPSA) is 75.1 Å². The van der Waals surface area contributed by atoms with Gasteiger partial charge < -0.3 is 5.32 Å². The van der Waals surface area contributed by atoms with Crippen LogP contribution in [0.5, 0.6) is 0 Å². The summed E-state index contributed by atoms with van der Waals surface area (Å²) in [6, 6.07) is 4.10. The minimum absolute atomic E-state index is 0.302. The molecule has 1 saturated carbocycles. The van der Waals surface area contributed by atoms with Gasteiger partial charge in [-0.2, -0.15) is 21.4 Å². The second kappa shape index (κ2) is 5.24. The number of fused-ring (bicyclic) bond motifs is 1. The van der Waals surface area contributed by atoms with E-state index in [9.17, 15) is 4.79 Å². The SMILES string of the molecule is CSC1CCCCC1Nc1ccc2n[nH]c(=O)n2n1. The van der Waals surface area contributed by atoms with Gasteiger partial charge in [0.15, 0.2) is 5.65 Å². The van der Waals surface area contributed by atoms with Gasteiger partial charge in [0.05, 0.1) is 0 Å². The summed E-state index contributed by atoms with van der Waals surface area (Å²) < 4.78 is 1.29. The maximum atomic E-state index is 11.5. The minimum Gasteiger partial charge on any atom is -0.365 e. The molecule has 2 aromatic heterocycles. The number of thioether (sulfide) groups is 1. The van der Waals surface area contributed by atoms with Gasteiger partial charge in [0.2, 0.25) is 0 Å². The molecule has 19 heavy (non-hydrogen) atoms. The quantitative estimate of drug-likeness (QED) is 0.890. The van der Waals surface area contributed by atoms with E-state index in [1.807, 2.05) is 17.8 Å². The highest BCUT2D eigenvalue weighted by molar-refractivity contribution is 7.99. The Balaban J connectivity index is 1.83. The van der Waals surface area contributed by atoms with Crippen LogP contribution in [0.1, 0.15) is 25.7 Å². The van der Waals surface area contributed by atoms with Crippen LogP contribution in [0.15, 0.2) is 16.9 Å². The van der Waals surface area contributed by atoms with Crippen molar-refractivity contribution in [2.24, 2.45) is 0 Å². The number of anilines is 1. The molecule has 1 aliphatic carbocycles. The number of hydrogen-bond acceptors (Lipinski definition) is 5. The maximum absolute atomic E-state index is 11.5. The first kappa shape index (κ1) is 12.5. The van der Waals surface area contributed by atoms with Crippen molar-refractivity contribution >= 4 is 23.2 Å². The molecule has 2 unspecified atom stereocenters. The standard InChI is InChI=1S/C12H17N5OS/c1-19-9-5-3-2-4-8(9)13-10-6-7-11-14-15-12(18)17(11)16-10/h6-9H,2-5H2,1H3,(H,13,16)(H,15,18). The van der Waals surface area contributed by atoms with Crippen molar-refractivity contribution < 1.29 is 0 Å². The summed E-state index contributed by atoms with van der Waals surface area (Å²) in [6.07, 6.45) is 7.11. The maximum Gasteiger partial charge on any atom is 0.364 e. The normalized spacial score (nSPS) is 23.6. The molecule has 2 aromatic rings. The fraction of sp³-hybridized carbons (Fsp3) is 0.583. The Hall–Kier alpha value is -1.50. The molecule has 1 fully saturated rings. The van der Waals surface area contributed by atoms with Gasteiger partial charge in [0, 0.05) is 11.3 Å². The van der Waals surface area contributed by atoms with Crippen molar-refractivity contribution in [2.45, 2.75) is 37.0 Å². The van der Waals surface area contributed by atoms with Crippen molar-refractivity contribution in [1.82, 2.24) is 19.8 Å². The van der Waals surface area contributed by atoms with Gasteiger partial charge in [-0.15, -0.1) is 5.10 Å².